The summed E-state index contributed by atoms with van der Waals surface area (Å²) in [6.07, 6.45) is -4.43. The molecule has 0 spiro atoms. The Hall–Kier alpha value is -2.05. The van der Waals surface area contributed by atoms with Gasteiger partial charge in [0, 0.05) is 12.2 Å². The van der Waals surface area contributed by atoms with Crippen LogP contribution in [0.5, 0.6) is 0 Å². The van der Waals surface area contributed by atoms with Gasteiger partial charge in [0.15, 0.2) is 0 Å². The SMILES string of the molecule is CCNC(=O)C(=O)Nc1ccc(C(F)(F)F)cc1. The zero-order valence-electron chi connectivity index (χ0n) is 9.47. The van der Waals surface area contributed by atoms with Crippen molar-refractivity contribution < 1.29 is 22.8 Å². The second-order valence-electron chi connectivity index (χ2n) is 3.39. The van der Waals surface area contributed by atoms with Crippen LogP contribution in [0.25, 0.3) is 0 Å². The number of hydrogen-bond donors (Lipinski definition) is 2. The predicted octanol–water partition coefficient (Wildman–Crippen LogP) is 1.78. The van der Waals surface area contributed by atoms with E-state index in [4.69, 9.17) is 0 Å². The summed E-state index contributed by atoms with van der Waals surface area (Å²) in [5.41, 5.74) is -0.697. The molecule has 7 heteroatoms. The molecule has 0 atom stereocenters. The number of hydrogen-bond acceptors (Lipinski definition) is 2. The molecule has 2 N–H and O–H groups in total. The Morgan fingerprint density at radius 2 is 1.67 bits per heavy atom. The molecule has 0 bridgehead atoms. The van der Waals surface area contributed by atoms with Gasteiger partial charge < -0.3 is 10.6 Å². The molecule has 0 radical (unpaired) electrons. The third kappa shape index (κ3) is 3.76. The summed E-state index contributed by atoms with van der Waals surface area (Å²) in [5.74, 6) is -1.76. The molecule has 1 aromatic carbocycles. The van der Waals surface area contributed by atoms with Crippen molar-refractivity contribution in [1.82, 2.24) is 5.32 Å². The summed E-state index contributed by atoms with van der Waals surface area (Å²) in [6, 6.07) is 3.82. The highest BCUT2D eigenvalue weighted by molar-refractivity contribution is 6.39. The Morgan fingerprint density at radius 3 is 2.11 bits per heavy atom. The first-order chi connectivity index (χ1) is 8.34. The van der Waals surface area contributed by atoms with E-state index in [9.17, 15) is 22.8 Å². The van der Waals surface area contributed by atoms with Crippen LogP contribution in [0.15, 0.2) is 24.3 Å². The molecular weight excluding hydrogens is 249 g/mol. The average molecular weight is 260 g/mol. The van der Waals surface area contributed by atoms with Gasteiger partial charge in [-0.05, 0) is 31.2 Å². The summed E-state index contributed by atoms with van der Waals surface area (Å²) in [7, 11) is 0. The zero-order valence-corrected chi connectivity index (χ0v) is 9.47. The quantitative estimate of drug-likeness (QED) is 0.796. The van der Waals surface area contributed by atoms with Crippen LogP contribution in [0.4, 0.5) is 18.9 Å². The van der Waals surface area contributed by atoms with Crippen LogP contribution in [0, 0.1) is 0 Å². The minimum Gasteiger partial charge on any atom is -0.348 e. The lowest BCUT2D eigenvalue weighted by Gasteiger charge is -2.08. The topological polar surface area (TPSA) is 58.2 Å². The number of halogens is 3. The van der Waals surface area contributed by atoms with Gasteiger partial charge in [-0.15, -0.1) is 0 Å². The van der Waals surface area contributed by atoms with Gasteiger partial charge in [-0.2, -0.15) is 13.2 Å². The Bertz CT molecular complexity index is 441. The van der Waals surface area contributed by atoms with Crippen molar-refractivity contribution in [3.05, 3.63) is 29.8 Å². The number of carbonyl (C=O) groups is 2. The van der Waals surface area contributed by atoms with Gasteiger partial charge in [0.25, 0.3) is 0 Å². The number of benzene rings is 1. The summed E-state index contributed by atoms with van der Waals surface area (Å²) in [5, 5.41) is 4.46. The Labute approximate surface area is 101 Å². The standard InChI is InChI=1S/C11H11F3N2O2/c1-2-15-9(17)10(18)16-8-5-3-7(4-6-8)11(12,13)14/h3-6H,2H2,1H3,(H,15,17)(H,16,18). The van der Waals surface area contributed by atoms with Crippen molar-refractivity contribution in [2.45, 2.75) is 13.1 Å². The minimum absolute atomic E-state index is 0.124. The van der Waals surface area contributed by atoms with Gasteiger partial charge in [0.2, 0.25) is 0 Å². The van der Waals surface area contributed by atoms with Crippen molar-refractivity contribution in [3.63, 3.8) is 0 Å². The van der Waals surface area contributed by atoms with Gasteiger partial charge in [0.05, 0.1) is 5.56 Å². The number of nitrogens with one attached hydrogen (secondary N) is 2. The molecule has 0 fully saturated rings. The van der Waals surface area contributed by atoms with Crippen molar-refractivity contribution in [2.24, 2.45) is 0 Å². The van der Waals surface area contributed by atoms with Gasteiger partial charge in [-0.1, -0.05) is 0 Å². The van der Waals surface area contributed by atoms with Crippen LogP contribution < -0.4 is 10.6 Å². The average Bonchev–Trinajstić information content (AvgIpc) is 2.28. The zero-order chi connectivity index (χ0) is 13.8. The van der Waals surface area contributed by atoms with Crippen molar-refractivity contribution in [1.29, 1.82) is 0 Å². The normalized spacial score (nSPS) is 10.9. The third-order valence-electron chi connectivity index (χ3n) is 2.01. The molecule has 0 aromatic heterocycles. The van der Waals surface area contributed by atoms with Gasteiger partial charge in [0.1, 0.15) is 0 Å². The number of carbonyl (C=O) groups excluding carboxylic acids is 2. The van der Waals surface area contributed by atoms with E-state index >= 15 is 0 Å². The lowest BCUT2D eigenvalue weighted by atomic mass is 10.2. The van der Waals surface area contributed by atoms with Crippen molar-refractivity contribution in [2.75, 3.05) is 11.9 Å². The first-order valence-electron chi connectivity index (χ1n) is 5.11. The molecule has 18 heavy (non-hydrogen) atoms. The molecule has 0 aliphatic heterocycles. The molecule has 1 rings (SSSR count). The van der Waals surface area contributed by atoms with Crippen LogP contribution in [-0.2, 0) is 15.8 Å². The summed E-state index contributed by atoms with van der Waals surface area (Å²) < 4.78 is 36.8. The van der Waals surface area contributed by atoms with E-state index < -0.39 is 23.6 Å². The van der Waals surface area contributed by atoms with E-state index in [1.165, 1.54) is 0 Å². The van der Waals surface area contributed by atoms with Crippen molar-refractivity contribution >= 4 is 17.5 Å². The van der Waals surface area contributed by atoms with Gasteiger partial charge >= 0.3 is 18.0 Å². The van der Waals surface area contributed by atoms with E-state index in [0.29, 0.717) is 6.54 Å². The van der Waals surface area contributed by atoms with Gasteiger partial charge in [-0.3, -0.25) is 9.59 Å². The Kier molecular flexibility index (Phi) is 4.30. The molecule has 0 heterocycles. The van der Waals surface area contributed by atoms with E-state index in [1.54, 1.807) is 6.92 Å². The summed E-state index contributed by atoms with van der Waals surface area (Å²) >= 11 is 0. The maximum absolute atomic E-state index is 12.3. The fourth-order valence-corrected chi connectivity index (χ4v) is 1.17. The number of likely N-dealkylation sites (N-methyl/N-ethyl adjacent to an activating group) is 1. The third-order valence-corrected chi connectivity index (χ3v) is 2.01. The van der Waals surface area contributed by atoms with Crippen LogP contribution in [0.3, 0.4) is 0 Å². The molecular formula is C11H11F3N2O2. The minimum atomic E-state index is -4.43. The molecule has 0 saturated heterocycles. The van der Waals surface area contributed by atoms with Crippen LogP contribution in [0.2, 0.25) is 0 Å². The Morgan fingerprint density at radius 1 is 1.11 bits per heavy atom. The summed E-state index contributed by atoms with van der Waals surface area (Å²) in [4.78, 5) is 22.3. The fourth-order valence-electron chi connectivity index (χ4n) is 1.17. The highest BCUT2D eigenvalue weighted by Crippen LogP contribution is 2.29. The number of anilines is 1. The molecule has 0 unspecified atom stereocenters. The maximum atomic E-state index is 12.3. The van der Waals surface area contributed by atoms with Crippen molar-refractivity contribution in [3.8, 4) is 0 Å². The summed E-state index contributed by atoms with van der Waals surface area (Å²) in [6.45, 7) is 1.93. The van der Waals surface area contributed by atoms with Gasteiger partial charge in [-0.25, -0.2) is 0 Å². The molecule has 1 aromatic rings. The lowest BCUT2D eigenvalue weighted by Crippen LogP contribution is -2.35. The number of rotatable bonds is 2. The molecule has 0 aliphatic carbocycles. The van der Waals surface area contributed by atoms with Crippen LogP contribution in [-0.4, -0.2) is 18.4 Å². The fraction of sp³-hybridized carbons (Fsp3) is 0.273. The monoisotopic (exact) mass is 260 g/mol. The first-order valence-corrected chi connectivity index (χ1v) is 5.11. The largest absolute Gasteiger partial charge is 0.416 e. The van der Waals surface area contributed by atoms with E-state index in [0.717, 1.165) is 24.3 Å². The molecule has 98 valence electrons. The van der Waals surface area contributed by atoms with E-state index in [2.05, 4.69) is 10.6 Å². The molecule has 0 saturated carbocycles. The molecule has 0 aliphatic rings. The smallest absolute Gasteiger partial charge is 0.348 e. The van der Waals surface area contributed by atoms with E-state index in [1.807, 2.05) is 0 Å². The lowest BCUT2D eigenvalue weighted by molar-refractivity contribution is -0.137. The molecule has 4 nitrogen and oxygen atoms in total. The molecule has 2 amide bonds. The Balaban J connectivity index is 2.70. The highest BCUT2D eigenvalue weighted by Gasteiger charge is 2.30. The predicted molar refractivity (Wildman–Crippen MR) is 58.8 cm³/mol. The van der Waals surface area contributed by atoms with Crippen LogP contribution in [0.1, 0.15) is 12.5 Å². The number of alkyl halides is 3. The second-order valence-corrected chi connectivity index (χ2v) is 3.39. The number of amides is 2. The van der Waals surface area contributed by atoms with Crippen LogP contribution >= 0.6 is 0 Å². The first kappa shape index (κ1) is 14.0. The second kappa shape index (κ2) is 5.52. The highest BCUT2D eigenvalue weighted by atomic mass is 19.4. The maximum Gasteiger partial charge on any atom is 0.416 e. The van der Waals surface area contributed by atoms with E-state index in [-0.39, 0.29) is 5.69 Å².